The minimum Gasteiger partial charge on any atom is -0.445 e. The van der Waals surface area contributed by atoms with Crippen molar-refractivity contribution < 1.29 is 45.5 Å². The highest BCUT2D eigenvalue weighted by Gasteiger charge is 2.61. The first-order chi connectivity index (χ1) is 17.1. The first-order valence-electron chi connectivity index (χ1n) is 11.3. The van der Waals surface area contributed by atoms with E-state index in [0.29, 0.717) is 11.0 Å². The topological polar surface area (TPSA) is 66.0 Å². The fourth-order valence-corrected chi connectivity index (χ4v) is 3.20. The third-order valence-electron chi connectivity index (χ3n) is 6.01. The molecule has 2 aromatic carbocycles. The molecule has 0 aliphatic carbocycles. The summed E-state index contributed by atoms with van der Waals surface area (Å²) < 4.78 is 84.8. The van der Waals surface area contributed by atoms with Gasteiger partial charge in [-0.25, -0.2) is 4.79 Å². The third kappa shape index (κ3) is 7.23. The molecule has 37 heavy (non-hydrogen) atoms. The lowest BCUT2D eigenvalue weighted by atomic mass is 9.77. The quantitative estimate of drug-likeness (QED) is 0.329. The molecular weight excluding hydrogens is 500 g/mol. The van der Waals surface area contributed by atoms with Crippen molar-refractivity contribution >= 4 is 19.3 Å². The van der Waals surface area contributed by atoms with Gasteiger partial charge in [0.25, 0.3) is 0 Å². The van der Waals surface area contributed by atoms with Crippen molar-refractivity contribution in [3.63, 3.8) is 0 Å². The number of carbonyl (C=O) groups excluding carboxylic acids is 1. The highest BCUT2D eigenvalue weighted by molar-refractivity contribution is 6.56. The zero-order chi connectivity index (χ0) is 27.5. The van der Waals surface area contributed by atoms with E-state index < -0.39 is 42.4 Å². The molecule has 0 bridgehead atoms. The van der Waals surface area contributed by atoms with E-state index in [1.54, 1.807) is 18.2 Å². The number of halogens is 5. The highest BCUT2D eigenvalue weighted by Crippen LogP contribution is 2.39. The van der Waals surface area contributed by atoms with E-state index in [9.17, 15) is 26.7 Å². The molecule has 12 heteroatoms. The van der Waals surface area contributed by atoms with Gasteiger partial charge in [0.05, 0.1) is 11.2 Å². The lowest BCUT2D eigenvalue weighted by molar-refractivity contribution is -0.360. The molecule has 1 heterocycles. The zero-order valence-corrected chi connectivity index (χ0v) is 20.7. The summed E-state index contributed by atoms with van der Waals surface area (Å²) in [5.41, 5.74) is 0.311. The van der Waals surface area contributed by atoms with Gasteiger partial charge in [0.15, 0.2) is 0 Å². The Kier molecular flexibility index (Phi) is 8.23. The summed E-state index contributed by atoms with van der Waals surface area (Å²) in [7, 11) is -0.870. The van der Waals surface area contributed by atoms with Crippen molar-refractivity contribution in [3.8, 4) is 5.75 Å². The molecule has 6 nitrogen and oxygen atoms in total. The molecule has 1 amide bonds. The Hall–Kier alpha value is -3.12. The SMILES string of the molecule is CC1(C)OB(C(=Cc2ccc(OC(F)(F)C(F)(F)F)cc2)CNC(=O)OCc2ccccc2)OC1(C)C. The van der Waals surface area contributed by atoms with Crippen LogP contribution in [0.2, 0.25) is 0 Å². The second-order valence-corrected chi connectivity index (χ2v) is 9.41. The Bertz CT molecular complexity index is 1090. The number of amides is 1. The molecule has 1 fully saturated rings. The van der Waals surface area contributed by atoms with Gasteiger partial charge in [0, 0.05) is 6.54 Å². The third-order valence-corrected chi connectivity index (χ3v) is 6.01. The number of nitrogens with one attached hydrogen (secondary N) is 1. The lowest BCUT2D eigenvalue weighted by Crippen LogP contribution is -2.41. The van der Waals surface area contributed by atoms with E-state index in [2.05, 4.69) is 10.1 Å². The van der Waals surface area contributed by atoms with Crippen LogP contribution < -0.4 is 10.1 Å². The van der Waals surface area contributed by atoms with E-state index in [1.807, 2.05) is 45.9 Å². The van der Waals surface area contributed by atoms with Gasteiger partial charge in [0.2, 0.25) is 0 Å². The van der Waals surface area contributed by atoms with E-state index in [1.165, 1.54) is 12.1 Å². The van der Waals surface area contributed by atoms with E-state index in [0.717, 1.165) is 17.7 Å². The van der Waals surface area contributed by atoms with Crippen molar-refractivity contribution in [2.24, 2.45) is 0 Å². The van der Waals surface area contributed by atoms with Crippen LogP contribution in [0.25, 0.3) is 6.08 Å². The molecule has 1 saturated heterocycles. The van der Waals surface area contributed by atoms with Crippen LogP contribution in [0.15, 0.2) is 60.1 Å². The molecule has 0 aromatic heterocycles. The summed E-state index contributed by atoms with van der Waals surface area (Å²) in [6.07, 6.45) is -10.3. The Morgan fingerprint density at radius 3 is 2.05 bits per heavy atom. The van der Waals surface area contributed by atoms with E-state index in [4.69, 9.17) is 14.0 Å². The van der Waals surface area contributed by atoms with Gasteiger partial charge >= 0.3 is 25.5 Å². The van der Waals surface area contributed by atoms with Crippen LogP contribution in [0.4, 0.5) is 26.7 Å². The predicted octanol–water partition coefficient (Wildman–Crippen LogP) is 6.16. The average Bonchev–Trinajstić information content (AvgIpc) is 3.02. The number of rotatable bonds is 8. The van der Waals surface area contributed by atoms with Crippen LogP contribution in [0.3, 0.4) is 0 Å². The van der Waals surface area contributed by atoms with Gasteiger partial charge in [-0.3, -0.25) is 0 Å². The molecule has 0 unspecified atom stereocenters. The van der Waals surface area contributed by atoms with Gasteiger partial charge in [-0.2, -0.15) is 22.0 Å². The summed E-state index contributed by atoms with van der Waals surface area (Å²) in [5.74, 6) is -0.667. The van der Waals surface area contributed by atoms with Gasteiger partial charge in [-0.15, -0.1) is 0 Å². The lowest BCUT2D eigenvalue weighted by Gasteiger charge is -2.32. The smallest absolute Gasteiger partial charge is 0.445 e. The minimum absolute atomic E-state index is 0.0468. The maximum Gasteiger partial charge on any atom is 0.499 e. The van der Waals surface area contributed by atoms with Gasteiger partial charge in [0.1, 0.15) is 12.4 Å². The highest BCUT2D eigenvalue weighted by atomic mass is 19.4. The number of hydrogen-bond acceptors (Lipinski definition) is 5. The molecule has 3 rings (SSSR count). The fourth-order valence-electron chi connectivity index (χ4n) is 3.20. The van der Waals surface area contributed by atoms with Crippen molar-refractivity contribution in [1.29, 1.82) is 0 Å². The largest absolute Gasteiger partial charge is 0.499 e. The maximum absolute atomic E-state index is 13.2. The summed E-state index contributed by atoms with van der Waals surface area (Å²) in [4.78, 5) is 12.3. The predicted molar refractivity (Wildman–Crippen MR) is 127 cm³/mol. The van der Waals surface area contributed by atoms with Crippen molar-refractivity contribution in [3.05, 3.63) is 71.2 Å². The Morgan fingerprint density at radius 1 is 0.946 bits per heavy atom. The maximum atomic E-state index is 13.2. The van der Waals surface area contributed by atoms with Crippen LogP contribution in [-0.2, 0) is 20.7 Å². The molecular formula is C25H27BF5NO5. The molecule has 0 atom stereocenters. The average molecular weight is 527 g/mol. The Morgan fingerprint density at radius 2 is 1.51 bits per heavy atom. The normalized spacial score (nSPS) is 17.4. The van der Waals surface area contributed by atoms with E-state index >= 15 is 0 Å². The number of hydrogen-bond donors (Lipinski definition) is 1. The fraction of sp³-hybridized carbons (Fsp3) is 0.400. The number of alkyl carbamates (subject to hydrolysis) is 1. The summed E-state index contributed by atoms with van der Waals surface area (Å²) in [5, 5.41) is 2.63. The minimum atomic E-state index is -5.85. The summed E-state index contributed by atoms with van der Waals surface area (Å²) in [6.45, 7) is 7.40. The van der Waals surface area contributed by atoms with Crippen LogP contribution in [0, 0.1) is 0 Å². The molecule has 0 radical (unpaired) electrons. The van der Waals surface area contributed by atoms with Crippen molar-refractivity contribution in [1.82, 2.24) is 5.32 Å². The number of alkyl halides is 5. The first-order valence-corrected chi connectivity index (χ1v) is 11.3. The number of carbonyl (C=O) groups is 1. The van der Waals surface area contributed by atoms with Crippen LogP contribution >= 0.6 is 0 Å². The van der Waals surface area contributed by atoms with Crippen LogP contribution in [0.1, 0.15) is 38.8 Å². The standard InChI is InChI=1S/C25H27BF5NO5/c1-22(2)23(3,4)37-26(36-22)19(15-32-21(33)34-16-18-8-6-5-7-9-18)14-17-10-12-20(13-11-17)35-25(30,31)24(27,28)29/h5-14H,15-16H2,1-4H3,(H,32,33). The van der Waals surface area contributed by atoms with Gasteiger partial charge in [-0.1, -0.05) is 48.5 Å². The second-order valence-electron chi connectivity index (χ2n) is 9.41. The van der Waals surface area contributed by atoms with E-state index in [-0.39, 0.29) is 13.2 Å². The van der Waals surface area contributed by atoms with Gasteiger partial charge < -0.3 is 24.1 Å². The van der Waals surface area contributed by atoms with Crippen LogP contribution in [-0.4, -0.2) is 43.2 Å². The van der Waals surface area contributed by atoms with Crippen molar-refractivity contribution in [2.45, 2.75) is 57.8 Å². The molecule has 0 spiro atoms. The summed E-state index contributed by atoms with van der Waals surface area (Å²) in [6, 6.07) is 13.6. The second kappa shape index (κ2) is 10.7. The first kappa shape index (κ1) is 28.5. The summed E-state index contributed by atoms with van der Waals surface area (Å²) >= 11 is 0. The molecule has 1 aliphatic heterocycles. The Labute approximate surface area is 211 Å². The van der Waals surface area contributed by atoms with Gasteiger partial charge in [-0.05, 0) is 56.4 Å². The monoisotopic (exact) mass is 527 g/mol. The number of benzene rings is 2. The molecule has 2 aromatic rings. The molecule has 0 saturated carbocycles. The van der Waals surface area contributed by atoms with Crippen LogP contribution in [0.5, 0.6) is 5.75 Å². The number of ether oxygens (including phenoxy) is 2. The molecule has 1 N–H and O–H groups in total. The van der Waals surface area contributed by atoms with Crippen molar-refractivity contribution in [2.75, 3.05) is 6.54 Å². The molecule has 1 aliphatic rings. The zero-order valence-electron chi connectivity index (χ0n) is 20.7. The Balaban J connectivity index is 1.75. The molecule has 200 valence electrons.